The lowest BCUT2D eigenvalue weighted by Gasteiger charge is -2.31. The summed E-state index contributed by atoms with van der Waals surface area (Å²) in [7, 11) is 1.77. The summed E-state index contributed by atoms with van der Waals surface area (Å²) in [5, 5.41) is 10.1. The topological polar surface area (TPSA) is 48.5 Å². The fourth-order valence-corrected chi connectivity index (χ4v) is 2.16. The third kappa shape index (κ3) is 6.45. The van der Waals surface area contributed by atoms with Gasteiger partial charge in [-0.25, -0.2) is 0 Å². The third-order valence-electron chi connectivity index (χ3n) is 3.24. The van der Waals surface area contributed by atoms with Crippen LogP contribution in [0.15, 0.2) is 48.0 Å². The maximum atomic E-state index is 4.18. The number of hydrogen-bond donors (Lipinski definition) is 3. The Morgan fingerprint density at radius 3 is 2.52 bits per heavy atom. The molecule has 0 aliphatic heterocycles. The van der Waals surface area contributed by atoms with E-state index in [9.17, 15) is 0 Å². The van der Waals surface area contributed by atoms with E-state index >= 15 is 0 Å². The molecule has 1 unspecified atom stereocenters. The molecule has 0 aliphatic carbocycles. The normalized spacial score (nSPS) is 13.6. The van der Waals surface area contributed by atoms with E-state index < -0.39 is 0 Å². The molecule has 0 saturated heterocycles. The summed E-state index contributed by atoms with van der Waals surface area (Å²) >= 11 is 0. The molecule has 116 valence electrons. The smallest absolute Gasteiger partial charge is 0.191 e. The van der Waals surface area contributed by atoms with Gasteiger partial charge in [0.05, 0.1) is 0 Å². The Morgan fingerprint density at radius 2 is 1.95 bits per heavy atom. The predicted octanol–water partition coefficient (Wildman–Crippen LogP) is 2.47. The summed E-state index contributed by atoms with van der Waals surface area (Å²) in [6.45, 7) is 11.7. The van der Waals surface area contributed by atoms with Crippen LogP contribution < -0.4 is 16.0 Å². The number of nitrogens with zero attached hydrogens (tertiary/aromatic N) is 1. The van der Waals surface area contributed by atoms with Gasteiger partial charge in [-0.1, -0.05) is 36.4 Å². The first-order chi connectivity index (χ1) is 9.98. The predicted molar refractivity (Wildman–Crippen MR) is 91.6 cm³/mol. The van der Waals surface area contributed by atoms with E-state index in [1.165, 1.54) is 5.56 Å². The van der Waals surface area contributed by atoms with Crippen molar-refractivity contribution in [3.8, 4) is 0 Å². The van der Waals surface area contributed by atoms with E-state index in [1.807, 2.05) is 12.1 Å². The van der Waals surface area contributed by atoms with Crippen molar-refractivity contribution in [2.75, 3.05) is 20.1 Å². The van der Waals surface area contributed by atoms with Gasteiger partial charge >= 0.3 is 0 Å². The molecule has 0 heterocycles. The number of hydrogen-bond acceptors (Lipinski definition) is 2. The average molecular weight is 288 g/mol. The third-order valence-corrected chi connectivity index (χ3v) is 3.24. The summed E-state index contributed by atoms with van der Waals surface area (Å²) in [4.78, 5) is 4.18. The molecule has 0 radical (unpaired) electrons. The van der Waals surface area contributed by atoms with Gasteiger partial charge in [0.2, 0.25) is 0 Å². The standard InChI is InChI=1S/C17H28N4/c1-6-12-19-16(18-5)20-13-17(3,4)21-14(2)15-10-8-7-9-11-15/h6-11,14,21H,1,12-13H2,2-5H3,(H2,18,19,20). The van der Waals surface area contributed by atoms with E-state index in [-0.39, 0.29) is 5.54 Å². The lowest BCUT2D eigenvalue weighted by atomic mass is 10.0. The molecule has 4 nitrogen and oxygen atoms in total. The Kier molecular flexibility index (Phi) is 6.96. The zero-order valence-corrected chi connectivity index (χ0v) is 13.6. The van der Waals surface area contributed by atoms with E-state index in [4.69, 9.17) is 0 Å². The molecule has 1 aromatic carbocycles. The highest BCUT2D eigenvalue weighted by Crippen LogP contribution is 2.15. The molecule has 1 rings (SSSR count). The highest BCUT2D eigenvalue weighted by atomic mass is 15.2. The highest BCUT2D eigenvalue weighted by Gasteiger charge is 2.20. The van der Waals surface area contributed by atoms with E-state index in [0.29, 0.717) is 12.6 Å². The molecule has 0 amide bonds. The van der Waals surface area contributed by atoms with Crippen LogP contribution in [-0.4, -0.2) is 31.6 Å². The van der Waals surface area contributed by atoms with Crippen LogP contribution in [0.2, 0.25) is 0 Å². The molecular weight excluding hydrogens is 260 g/mol. The highest BCUT2D eigenvalue weighted by molar-refractivity contribution is 5.79. The first-order valence-electron chi connectivity index (χ1n) is 7.36. The molecule has 21 heavy (non-hydrogen) atoms. The van der Waals surface area contributed by atoms with Crippen molar-refractivity contribution < 1.29 is 0 Å². The van der Waals surface area contributed by atoms with Crippen LogP contribution in [0.4, 0.5) is 0 Å². The fourth-order valence-electron chi connectivity index (χ4n) is 2.16. The molecule has 0 fully saturated rings. The molecule has 0 bridgehead atoms. The van der Waals surface area contributed by atoms with Gasteiger partial charge in [-0.3, -0.25) is 4.99 Å². The number of aliphatic imine (C=N–C) groups is 1. The maximum Gasteiger partial charge on any atom is 0.191 e. The zero-order chi connectivity index (χ0) is 15.7. The van der Waals surface area contributed by atoms with Gasteiger partial charge in [-0.05, 0) is 26.3 Å². The van der Waals surface area contributed by atoms with E-state index in [0.717, 1.165) is 12.5 Å². The molecule has 0 spiro atoms. The van der Waals surface area contributed by atoms with Crippen LogP contribution in [0.5, 0.6) is 0 Å². The minimum absolute atomic E-state index is 0.0545. The van der Waals surface area contributed by atoms with E-state index in [2.05, 4.69) is 72.6 Å². The monoisotopic (exact) mass is 288 g/mol. The molecule has 0 aliphatic rings. The minimum atomic E-state index is -0.0545. The number of benzene rings is 1. The van der Waals surface area contributed by atoms with Crippen molar-refractivity contribution >= 4 is 5.96 Å². The van der Waals surface area contributed by atoms with Crippen LogP contribution in [-0.2, 0) is 0 Å². The first-order valence-corrected chi connectivity index (χ1v) is 7.36. The molecular formula is C17H28N4. The Morgan fingerprint density at radius 1 is 1.29 bits per heavy atom. The Bertz CT molecular complexity index is 451. The van der Waals surface area contributed by atoms with Crippen molar-refractivity contribution in [2.24, 2.45) is 4.99 Å². The molecule has 3 N–H and O–H groups in total. The SMILES string of the molecule is C=CCNC(=NC)NCC(C)(C)NC(C)c1ccccc1. The summed E-state index contributed by atoms with van der Waals surface area (Å²) in [5.74, 6) is 0.789. The van der Waals surface area contributed by atoms with Crippen LogP contribution >= 0.6 is 0 Å². The summed E-state index contributed by atoms with van der Waals surface area (Å²) in [6, 6.07) is 10.8. The number of rotatable bonds is 7. The summed E-state index contributed by atoms with van der Waals surface area (Å²) in [6.07, 6.45) is 1.81. The van der Waals surface area contributed by atoms with Crippen molar-refractivity contribution in [2.45, 2.75) is 32.4 Å². The summed E-state index contributed by atoms with van der Waals surface area (Å²) < 4.78 is 0. The van der Waals surface area contributed by atoms with Crippen LogP contribution in [0.25, 0.3) is 0 Å². The average Bonchev–Trinajstić information content (AvgIpc) is 2.48. The molecule has 1 atom stereocenters. The molecule has 0 aromatic heterocycles. The van der Waals surface area contributed by atoms with Crippen LogP contribution in [0, 0.1) is 0 Å². The quantitative estimate of drug-likeness (QED) is 0.410. The van der Waals surface area contributed by atoms with Gasteiger partial charge in [0.25, 0.3) is 0 Å². The zero-order valence-electron chi connectivity index (χ0n) is 13.6. The lowest BCUT2D eigenvalue weighted by molar-refractivity contribution is 0.345. The lowest BCUT2D eigenvalue weighted by Crippen LogP contribution is -2.52. The van der Waals surface area contributed by atoms with Crippen molar-refractivity contribution in [1.82, 2.24) is 16.0 Å². The largest absolute Gasteiger partial charge is 0.355 e. The molecule has 1 aromatic rings. The van der Waals surface area contributed by atoms with Crippen LogP contribution in [0.1, 0.15) is 32.4 Å². The second kappa shape index (κ2) is 8.47. The molecule has 4 heteroatoms. The Hall–Kier alpha value is -1.81. The second-order valence-corrected chi connectivity index (χ2v) is 5.76. The van der Waals surface area contributed by atoms with Gasteiger partial charge < -0.3 is 16.0 Å². The Labute approximate surface area is 128 Å². The van der Waals surface area contributed by atoms with E-state index in [1.54, 1.807) is 7.05 Å². The maximum absolute atomic E-state index is 4.18. The van der Waals surface area contributed by atoms with Crippen LogP contribution in [0.3, 0.4) is 0 Å². The van der Waals surface area contributed by atoms with Gasteiger partial charge in [-0.15, -0.1) is 6.58 Å². The van der Waals surface area contributed by atoms with Gasteiger partial charge in [-0.2, -0.15) is 0 Å². The fraction of sp³-hybridized carbons (Fsp3) is 0.471. The van der Waals surface area contributed by atoms with Gasteiger partial charge in [0.15, 0.2) is 5.96 Å². The van der Waals surface area contributed by atoms with Crippen molar-refractivity contribution in [3.63, 3.8) is 0 Å². The minimum Gasteiger partial charge on any atom is -0.355 e. The first kappa shape index (κ1) is 17.2. The Balaban J connectivity index is 2.51. The van der Waals surface area contributed by atoms with Gasteiger partial charge in [0, 0.05) is 31.7 Å². The van der Waals surface area contributed by atoms with Crippen molar-refractivity contribution in [3.05, 3.63) is 48.6 Å². The number of guanidine groups is 1. The summed E-state index contributed by atoms with van der Waals surface area (Å²) in [5.41, 5.74) is 1.24. The number of nitrogens with one attached hydrogen (secondary N) is 3. The second-order valence-electron chi connectivity index (χ2n) is 5.76. The van der Waals surface area contributed by atoms with Crippen molar-refractivity contribution in [1.29, 1.82) is 0 Å². The van der Waals surface area contributed by atoms with Gasteiger partial charge in [0.1, 0.15) is 0 Å². The molecule has 0 saturated carbocycles.